The van der Waals surface area contributed by atoms with Gasteiger partial charge in [-0.25, -0.2) is 0 Å². The van der Waals surface area contributed by atoms with Crippen LogP contribution >= 0.6 is 0 Å². The van der Waals surface area contributed by atoms with E-state index in [4.69, 9.17) is 0 Å². The first-order valence-electron chi connectivity index (χ1n) is 6.80. The van der Waals surface area contributed by atoms with Gasteiger partial charge in [0.15, 0.2) is 0 Å². The van der Waals surface area contributed by atoms with Crippen molar-refractivity contribution in [3.8, 4) is 5.69 Å². The van der Waals surface area contributed by atoms with E-state index in [0.29, 0.717) is 6.04 Å². The smallest absolute Gasteiger partial charge is 0.0858 e. The number of fused-ring (bicyclic) bond motifs is 1. The first kappa shape index (κ1) is 10.8. The van der Waals surface area contributed by atoms with Crippen LogP contribution in [0.25, 0.3) is 5.69 Å². The molecule has 0 bridgehead atoms. The molecule has 1 aromatic heterocycles. The van der Waals surface area contributed by atoms with Gasteiger partial charge in [-0.1, -0.05) is 12.2 Å². The maximum Gasteiger partial charge on any atom is 0.0858 e. The molecule has 4 heteroatoms. The van der Waals surface area contributed by atoms with Crippen molar-refractivity contribution in [2.24, 2.45) is 11.8 Å². The molecule has 2 aliphatic carbocycles. The van der Waals surface area contributed by atoms with Crippen molar-refractivity contribution in [2.45, 2.75) is 18.9 Å². The van der Waals surface area contributed by atoms with Gasteiger partial charge >= 0.3 is 0 Å². The molecule has 96 valence electrons. The van der Waals surface area contributed by atoms with E-state index >= 15 is 0 Å². The van der Waals surface area contributed by atoms with Gasteiger partial charge in [0.2, 0.25) is 0 Å². The highest BCUT2D eigenvalue weighted by Crippen LogP contribution is 2.44. The van der Waals surface area contributed by atoms with Gasteiger partial charge in [-0.15, -0.1) is 0 Å². The fraction of sp³-hybridized carbons (Fsp3) is 0.333. The van der Waals surface area contributed by atoms with Crippen molar-refractivity contribution < 1.29 is 0 Å². The number of hydrogen-bond donors (Lipinski definition) is 1. The Labute approximate surface area is 112 Å². The lowest BCUT2D eigenvalue weighted by molar-refractivity contribution is 0.218. The molecule has 3 unspecified atom stereocenters. The van der Waals surface area contributed by atoms with Crippen LogP contribution in [0.2, 0.25) is 0 Å². The second kappa shape index (κ2) is 4.23. The van der Waals surface area contributed by atoms with Crippen molar-refractivity contribution in [1.82, 2.24) is 15.0 Å². The van der Waals surface area contributed by atoms with Gasteiger partial charge in [0.1, 0.15) is 0 Å². The minimum absolute atomic E-state index is 0.609. The molecular weight excluding hydrogens is 236 g/mol. The molecule has 0 radical (unpaired) electrons. The zero-order valence-electron chi connectivity index (χ0n) is 10.6. The maximum absolute atomic E-state index is 4.12. The van der Waals surface area contributed by atoms with Crippen LogP contribution in [0, 0.1) is 11.8 Å². The maximum atomic E-state index is 4.12. The summed E-state index contributed by atoms with van der Waals surface area (Å²) in [5.41, 5.74) is 2.17. The molecule has 19 heavy (non-hydrogen) atoms. The Morgan fingerprint density at radius 2 is 1.89 bits per heavy atom. The summed E-state index contributed by atoms with van der Waals surface area (Å²) < 4.78 is 0. The molecule has 3 atom stereocenters. The van der Waals surface area contributed by atoms with Crippen molar-refractivity contribution in [1.29, 1.82) is 0 Å². The Morgan fingerprint density at radius 3 is 2.63 bits per heavy atom. The molecule has 1 heterocycles. The number of benzene rings is 1. The number of nitrogens with one attached hydrogen (secondary N) is 1. The van der Waals surface area contributed by atoms with E-state index in [1.807, 2.05) is 12.1 Å². The second-order valence-electron chi connectivity index (χ2n) is 5.35. The molecule has 4 rings (SSSR count). The van der Waals surface area contributed by atoms with Crippen molar-refractivity contribution in [2.75, 3.05) is 5.32 Å². The van der Waals surface area contributed by atoms with Gasteiger partial charge in [0.05, 0.1) is 18.1 Å². The van der Waals surface area contributed by atoms with E-state index < -0.39 is 0 Å². The first-order chi connectivity index (χ1) is 9.40. The van der Waals surface area contributed by atoms with E-state index in [0.717, 1.165) is 17.5 Å². The molecule has 0 amide bonds. The summed E-state index contributed by atoms with van der Waals surface area (Å²) in [7, 11) is 0. The minimum Gasteiger partial charge on any atom is -0.382 e. The Morgan fingerprint density at radius 1 is 1.11 bits per heavy atom. The van der Waals surface area contributed by atoms with Crippen molar-refractivity contribution in [3.05, 3.63) is 48.8 Å². The molecular formula is C15H16N4. The molecule has 0 saturated heterocycles. The van der Waals surface area contributed by atoms with Gasteiger partial charge < -0.3 is 5.32 Å². The zero-order valence-corrected chi connectivity index (χ0v) is 10.6. The van der Waals surface area contributed by atoms with Crippen molar-refractivity contribution in [3.63, 3.8) is 0 Å². The van der Waals surface area contributed by atoms with Crippen LogP contribution in [-0.4, -0.2) is 21.0 Å². The summed E-state index contributed by atoms with van der Waals surface area (Å²) in [5, 5.41) is 11.9. The lowest BCUT2D eigenvalue weighted by Gasteiger charge is -2.41. The molecule has 0 aliphatic heterocycles. The largest absolute Gasteiger partial charge is 0.382 e. The van der Waals surface area contributed by atoms with Crippen LogP contribution in [-0.2, 0) is 0 Å². The molecule has 1 aromatic carbocycles. The van der Waals surface area contributed by atoms with E-state index in [2.05, 4.69) is 39.8 Å². The SMILES string of the molecule is C1=CC2C(C1)CC2Nc1ccc(-n2nccn2)cc1. The van der Waals surface area contributed by atoms with E-state index in [1.54, 1.807) is 17.2 Å². The average Bonchev–Trinajstić information content (AvgIpc) is 3.06. The third-order valence-corrected chi connectivity index (χ3v) is 4.23. The van der Waals surface area contributed by atoms with E-state index in [-0.39, 0.29) is 0 Å². The summed E-state index contributed by atoms with van der Waals surface area (Å²) >= 11 is 0. The fourth-order valence-electron chi connectivity index (χ4n) is 3.14. The van der Waals surface area contributed by atoms with Crippen LogP contribution < -0.4 is 5.32 Å². The highest BCUT2D eigenvalue weighted by Gasteiger charge is 2.40. The standard InChI is InChI=1S/C15H16N4/c1-2-11-10-15(14(11)3-1)18-12-4-6-13(7-5-12)19-16-8-9-17-19/h1,3-9,11,14-15,18H,2,10H2. The Bertz CT molecular complexity index is 585. The summed E-state index contributed by atoms with van der Waals surface area (Å²) in [6.07, 6.45) is 10.6. The predicted molar refractivity (Wildman–Crippen MR) is 74.1 cm³/mol. The Balaban J connectivity index is 1.46. The topological polar surface area (TPSA) is 42.7 Å². The van der Waals surface area contributed by atoms with Gasteiger partial charge in [0.25, 0.3) is 0 Å². The van der Waals surface area contributed by atoms with Gasteiger partial charge in [-0.3, -0.25) is 0 Å². The number of hydrogen-bond acceptors (Lipinski definition) is 3. The van der Waals surface area contributed by atoms with Crippen LogP contribution in [0.15, 0.2) is 48.8 Å². The molecule has 0 spiro atoms. The third-order valence-electron chi connectivity index (χ3n) is 4.23. The summed E-state index contributed by atoms with van der Waals surface area (Å²) in [4.78, 5) is 1.63. The number of allylic oxidation sites excluding steroid dienone is 1. The zero-order chi connectivity index (χ0) is 12.7. The second-order valence-corrected chi connectivity index (χ2v) is 5.35. The molecule has 2 aliphatic rings. The Kier molecular flexibility index (Phi) is 2.40. The first-order valence-corrected chi connectivity index (χ1v) is 6.80. The van der Waals surface area contributed by atoms with Gasteiger partial charge in [-0.2, -0.15) is 15.0 Å². The molecule has 2 aromatic rings. The average molecular weight is 252 g/mol. The monoisotopic (exact) mass is 252 g/mol. The minimum atomic E-state index is 0.609. The van der Waals surface area contributed by atoms with Crippen LogP contribution in [0.1, 0.15) is 12.8 Å². The lowest BCUT2D eigenvalue weighted by atomic mass is 9.71. The van der Waals surface area contributed by atoms with Crippen LogP contribution in [0.4, 0.5) is 5.69 Å². The molecule has 4 nitrogen and oxygen atoms in total. The van der Waals surface area contributed by atoms with Crippen LogP contribution in [0.3, 0.4) is 0 Å². The number of rotatable bonds is 3. The van der Waals surface area contributed by atoms with Gasteiger partial charge in [0, 0.05) is 17.6 Å². The third kappa shape index (κ3) is 1.84. The quantitative estimate of drug-likeness (QED) is 0.854. The Hall–Kier alpha value is -2.10. The molecule has 1 N–H and O–H groups in total. The summed E-state index contributed by atoms with van der Waals surface area (Å²) in [6, 6.07) is 8.90. The normalized spacial score (nSPS) is 27.9. The summed E-state index contributed by atoms with van der Waals surface area (Å²) in [6.45, 7) is 0. The highest BCUT2D eigenvalue weighted by molar-refractivity contribution is 5.49. The number of aromatic nitrogens is 3. The van der Waals surface area contributed by atoms with Crippen molar-refractivity contribution >= 4 is 5.69 Å². The van der Waals surface area contributed by atoms with Crippen LogP contribution in [0.5, 0.6) is 0 Å². The summed E-state index contributed by atoms with van der Waals surface area (Å²) in [5.74, 6) is 1.64. The number of anilines is 1. The highest BCUT2D eigenvalue weighted by atomic mass is 15.5. The number of nitrogens with zero attached hydrogens (tertiary/aromatic N) is 3. The molecule has 1 fully saturated rings. The fourth-order valence-corrected chi connectivity index (χ4v) is 3.14. The lowest BCUT2D eigenvalue weighted by Crippen LogP contribution is -2.43. The van der Waals surface area contributed by atoms with Gasteiger partial charge in [-0.05, 0) is 43.0 Å². The molecule has 1 saturated carbocycles. The predicted octanol–water partition coefficient (Wildman–Crippen LogP) is 2.64. The van der Waals surface area contributed by atoms with E-state index in [1.165, 1.54) is 18.5 Å². The van der Waals surface area contributed by atoms with E-state index in [9.17, 15) is 0 Å².